The molecule has 0 bridgehead atoms. The molecule has 2 aromatic carbocycles. The van der Waals surface area contributed by atoms with E-state index in [4.69, 9.17) is 0 Å². The normalized spacial score (nSPS) is 13.2. The fraction of sp³-hybridized carbons (Fsp3) is 0.133. The number of hydrogen-bond acceptors (Lipinski definition) is 1. The van der Waals surface area contributed by atoms with Crippen LogP contribution >= 0.6 is 0 Å². The van der Waals surface area contributed by atoms with Gasteiger partial charge < -0.3 is 5.32 Å². The molecule has 1 heterocycles. The number of benzene rings is 2. The van der Waals surface area contributed by atoms with E-state index in [1.807, 2.05) is 24.3 Å². The van der Waals surface area contributed by atoms with Crippen LogP contribution in [0.2, 0.25) is 0 Å². The van der Waals surface area contributed by atoms with Crippen molar-refractivity contribution >= 4 is 17.4 Å². The highest BCUT2D eigenvalue weighted by atomic mass is 19.2. The van der Waals surface area contributed by atoms with Gasteiger partial charge in [-0.05, 0) is 30.2 Å². The Hall–Kier alpha value is -2.43. The molecule has 2 amide bonds. The lowest BCUT2D eigenvalue weighted by atomic mass is 10.2. The standard InChI is InChI=1S/C15H12F2N2O/c16-12-6-5-11(9-13(12)17)18-15(20)19-8-7-10-3-1-2-4-14(10)19/h1-6,9H,7-8H2,(H,18,20). The van der Waals surface area contributed by atoms with Crippen LogP contribution in [0.4, 0.5) is 25.0 Å². The van der Waals surface area contributed by atoms with E-state index in [9.17, 15) is 13.6 Å². The summed E-state index contributed by atoms with van der Waals surface area (Å²) >= 11 is 0. The van der Waals surface area contributed by atoms with Crippen LogP contribution in [0, 0.1) is 11.6 Å². The highest BCUT2D eigenvalue weighted by molar-refractivity contribution is 6.03. The lowest BCUT2D eigenvalue weighted by Gasteiger charge is -2.18. The van der Waals surface area contributed by atoms with Crippen molar-refractivity contribution in [3.8, 4) is 0 Å². The summed E-state index contributed by atoms with van der Waals surface area (Å²) in [6.07, 6.45) is 0.793. The van der Waals surface area contributed by atoms with Crippen LogP contribution in [0.25, 0.3) is 0 Å². The van der Waals surface area contributed by atoms with E-state index in [1.165, 1.54) is 6.07 Å². The summed E-state index contributed by atoms with van der Waals surface area (Å²) in [6, 6.07) is 10.6. The number of rotatable bonds is 1. The van der Waals surface area contributed by atoms with Crippen LogP contribution in [-0.2, 0) is 6.42 Å². The number of amides is 2. The molecule has 0 saturated heterocycles. The van der Waals surface area contributed by atoms with Crippen molar-refractivity contribution in [1.29, 1.82) is 0 Å². The van der Waals surface area contributed by atoms with Crippen LogP contribution in [0.5, 0.6) is 0 Å². The van der Waals surface area contributed by atoms with Gasteiger partial charge in [-0.3, -0.25) is 4.90 Å². The minimum Gasteiger partial charge on any atom is -0.307 e. The summed E-state index contributed by atoms with van der Waals surface area (Å²) in [5.74, 6) is -1.92. The summed E-state index contributed by atoms with van der Waals surface area (Å²) in [6.45, 7) is 0.578. The fourth-order valence-electron chi connectivity index (χ4n) is 2.31. The third-order valence-electron chi connectivity index (χ3n) is 3.30. The van der Waals surface area contributed by atoms with Crippen molar-refractivity contribution in [3.63, 3.8) is 0 Å². The van der Waals surface area contributed by atoms with Crippen molar-refractivity contribution in [2.75, 3.05) is 16.8 Å². The van der Waals surface area contributed by atoms with Gasteiger partial charge >= 0.3 is 6.03 Å². The van der Waals surface area contributed by atoms with Crippen molar-refractivity contribution < 1.29 is 13.6 Å². The molecule has 5 heteroatoms. The van der Waals surface area contributed by atoms with E-state index >= 15 is 0 Å². The van der Waals surface area contributed by atoms with Gasteiger partial charge in [0.1, 0.15) is 0 Å². The fourth-order valence-corrected chi connectivity index (χ4v) is 2.31. The molecule has 0 radical (unpaired) electrons. The largest absolute Gasteiger partial charge is 0.326 e. The van der Waals surface area contributed by atoms with Gasteiger partial charge in [-0.1, -0.05) is 18.2 Å². The molecule has 0 fully saturated rings. The maximum atomic E-state index is 13.1. The first kappa shape index (κ1) is 12.6. The Morgan fingerprint density at radius 2 is 1.90 bits per heavy atom. The smallest absolute Gasteiger partial charge is 0.307 e. The zero-order chi connectivity index (χ0) is 14.1. The van der Waals surface area contributed by atoms with Crippen molar-refractivity contribution in [2.24, 2.45) is 0 Å². The van der Waals surface area contributed by atoms with E-state index in [-0.39, 0.29) is 11.7 Å². The molecule has 2 aromatic rings. The maximum absolute atomic E-state index is 13.1. The Kier molecular flexibility index (Phi) is 3.10. The van der Waals surface area contributed by atoms with Gasteiger partial charge in [0, 0.05) is 24.0 Å². The number of para-hydroxylation sites is 1. The second-order valence-electron chi connectivity index (χ2n) is 4.59. The third kappa shape index (κ3) is 2.22. The minimum atomic E-state index is -0.982. The Morgan fingerprint density at radius 1 is 1.10 bits per heavy atom. The molecular weight excluding hydrogens is 262 g/mol. The SMILES string of the molecule is O=C(Nc1ccc(F)c(F)c1)N1CCc2ccccc21. The molecule has 0 aromatic heterocycles. The molecule has 102 valence electrons. The van der Waals surface area contributed by atoms with Crippen molar-refractivity contribution in [2.45, 2.75) is 6.42 Å². The highest BCUT2D eigenvalue weighted by Gasteiger charge is 2.24. The predicted octanol–water partition coefficient (Wildman–Crippen LogP) is 3.56. The van der Waals surface area contributed by atoms with Gasteiger partial charge in [0.05, 0.1) is 0 Å². The quantitative estimate of drug-likeness (QED) is 0.847. The zero-order valence-electron chi connectivity index (χ0n) is 10.6. The van der Waals surface area contributed by atoms with Crippen LogP contribution < -0.4 is 10.2 Å². The predicted molar refractivity (Wildman–Crippen MR) is 72.9 cm³/mol. The summed E-state index contributed by atoms with van der Waals surface area (Å²) < 4.78 is 25.9. The first-order valence-corrected chi connectivity index (χ1v) is 6.26. The number of anilines is 2. The molecule has 1 aliphatic heterocycles. The third-order valence-corrected chi connectivity index (χ3v) is 3.30. The minimum absolute atomic E-state index is 0.235. The van der Waals surface area contributed by atoms with E-state index in [1.54, 1.807) is 4.90 Å². The first-order valence-electron chi connectivity index (χ1n) is 6.26. The van der Waals surface area contributed by atoms with Crippen molar-refractivity contribution in [1.82, 2.24) is 0 Å². The second kappa shape index (κ2) is 4.92. The molecule has 1 aliphatic rings. The average Bonchev–Trinajstić information content (AvgIpc) is 2.87. The van der Waals surface area contributed by atoms with Crippen LogP contribution in [0.3, 0.4) is 0 Å². The Balaban J connectivity index is 1.79. The molecule has 0 atom stereocenters. The summed E-state index contributed by atoms with van der Waals surface area (Å²) in [5.41, 5.74) is 2.19. The maximum Gasteiger partial charge on any atom is 0.326 e. The van der Waals surface area contributed by atoms with Crippen molar-refractivity contribution in [3.05, 3.63) is 59.7 Å². The van der Waals surface area contributed by atoms with Crippen LogP contribution in [-0.4, -0.2) is 12.6 Å². The number of fused-ring (bicyclic) bond motifs is 1. The zero-order valence-corrected chi connectivity index (χ0v) is 10.6. The summed E-state index contributed by atoms with van der Waals surface area (Å²) in [4.78, 5) is 13.8. The topological polar surface area (TPSA) is 32.3 Å². The Morgan fingerprint density at radius 3 is 2.70 bits per heavy atom. The molecule has 0 saturated carbocycles. The van der Waals surface area contributed by atoms with Gasteiger partial charge in [0.15, 0.2) is 11.6 Å². The molecular formula is C15H12F2N2O. The molecule has 3 rings (SSSR count). The first-order chi connectivity index (χ1) is 9.65. The van der Waals surface area contributed by atoms with E-state index in [2.05, 4.69) is 5.32 Å². The second-order valence-corrected chi connectivity index (χ2v) is 4.59. The number of urea groups is 1. The van der Waals surface area contributed by atoms with Crippen LogP contribution in [0.15, 0.2) is 42.5 Å². The molecule has 0 aliphatic carbocycles. The van der Waals surface area contributed by atoms with E-state index in [0.717, 1.165) is 29.8 Å². The number of hydrogen-bond donors (Lipinski definition) is 1. The summed E-state index contributed by atoms with van der Waals surface area (Å²) in [7, 11) is 0. The Labute approximate surface area is 114 Å². The molecule has 3 nitrogen and oxygen atoms in total. The van der Waals surface area contributed by atoms with Gasteiger partial charge in [-0.25, -0.2) is 13.6 Å². The van der Waals surface area contributed by atoms with E-state index < -0.39 is 11.6 Å². The van der Waals surface area contributed by atoms with E-state index in [0.29, 0.717) is 6.54 Å². The monoisotopic (exact) mass is 274 g/mol. The lowest BCUT2D eigenvalue weighted by Crippen LogP contribution is -2.33. The van der Waals surface area contributed by atoms with Gasteiger partial charge in [0.25, 0.3) is 0 Å². The van der Waals surface area contributed by atoms with Crippen LogP contribution in [0.1, 0.15) is 5.56 Å². The molecule has 1 N–H and O–H groups in total. The number of halogens is 2. The number of nitrogens with zero attached hydrogens (tertiary/aromatic N) is 1. The highest BCUT2D eigenvalue weighted by Crippen LogP contribution is 2.28. The number of carbonyl (C=O) groups excluding carboxylic acids is 1. The van der Waals surface area contributed by atoms with Gasteiger partial charge in [0.2, 0.25) is 0 Å². The lowest BCUT2D eigenvalue weighted by molar-refractivity contribution is 0.257. The van der Waals surface area contributed by atoms with Gasteiger partial charge in [-0.15, -0.1) is 0 Å². The summed E-state index contributed by atoms with van der Waals surface area (Å²) in [5, 5.41) is 2.57. The molecule has 20 heavy (non-hydrogen) atoms. The molecule has 0 spiro atoms. The average molecular weight is 274 g/mol. The number of carbonyl (C=O) groups is 1. The number of nitrogens with one attached hydrogen (secondary N) is 1. The Bertz CT molecular complexity index is 673. The molecule has 0 unspecified atom stereocenters. The van der Waals surface area contributed by atoms with Gasteiger partial charge in [-0.2, -0.15) is 0 Å².